The Morgan fingerprint density at radius 1 is 1.55 bits per heavy atom. The molecule has 1 saturated heterocycles. The Labute approximate surface area is 115 Å². The number of carboxylic acids is 1. The van der Waals surface area contributed by atoms with Gasteiger partial charge in [-0.1, -0.05) is 0 Å². The summed E-state index contributed by atoms with van der Waals surface area (Å²) in [6.45, 7) is 1.93. The van der Waals surface area contributed by atoms with E-state index < -0.39 is 10.9 Å². The van der Waals surface area contributed by atoms with Gasteiger partial charge in [-0.3, -0.25) is 10.1 Å². The zero-order chi connectivity index (χ0) is 14.5. The predicted molar refractivity (Wildman–Crippen MR) is 72.1 cm³/mol. The van der Waals surface area contributed by atoms with Gasteiger partial charge in [-0.25, -0.2) is 4.79 Å². The number of nitrogens with one attached hydrogen (secondary N) is 1. The van der Waals surface area contributed by atoms with Crippen LogP contribution in [0.25, 0.3) is 0 Å². The number of hydrogen-bond acceptors (Lipinski definition) is 5. The molecule has 0 radical (unpaired) electrons. The molecule has 1 aromatic rings. The first-order chi connectivity index (χ1) is 9.58. The van der Waals surface area contributed by atoms with E-state index in [1.54, 1.807) is 0 Å². The first-order valence-corrected chi connectivity index (χ1v) is 6.41. The highest BCUT2D eigenvalue weighted by Gasteiger charge is 2.18. The molecule has 1 unspecified atom stereocenters. The maximum absolute atomic E-state index is 11.1. The molecule has 2 N–H and O–H groups in total. The Morgan fingerprint density at radius 3 is 2.95 bits per heavy atom. The molecule has 7 nitrogen and oxygen atoms in total. The first kappa shape index (κ1) is 14.3. The normalized spacial score (nSPS) is 18.5. The molecule has 1 aliphatic rings. The number of nitro groups is 1. The van der Waals surface area contributed by atoms with E-state index in [9.17, 15) is 14.9 Å². The molecular formula is C13H16N2O5. The summed E-state index contributed by atoms with van der Waals surface area (Å²) in [6.07, 6.45) is 1.98. The Bertz CT molecular complexity index is 511. The Kier molecular flexibility index (Phi) is 4.52. The number of rotatable bonds is 5. The van der Waals surface area contributed by atoms with Gasteiger partial charge in [0.25, 0.3) is 5.69 Å². The third kappa shape index (κ3) is 3.45. The summed E-state index contributed by atoms with van der Waals surface area (Å²) >= 11 is 0. The SMILES string of the molecule is O=C(O)c1ccc([N+](=O)[O-])cc1NCC1CCCOC1. The van der Waals surface area contributed by atoms with Crippen molar-refractivity contribution in [1.29, 1.82) is 0 Å². The van der Waals surface area contributed by atoms with Crippen molar-refractivity contribution in [3.05, 3.63) is 33.9 Å². The molecule has 108 valence electrons. The van der Waals surface area contributed by atoms with Crippen LogP contribution in [0, 0.1) is 16.0 Å². The molecule has 0 spiro atoms. The molecule has 1 atom stereocenters. The predicted octanol–water partition coefficient (Wildman–Crippen LogP) is 2.13. The van der Waals surface area contributed by atoms with Crippen LogP contribution in [0.2, 0.25) is 0 Å². The maximum Gasteiger partial charge on any atom is 0.337 e. The van der Waals surface area contributed by atoms with Crippen LogP contribution in [0.4, 0.5) is 11.4 Å². The van der Waals surface area contributed by atoms with E-state index in [0.29, 0.717) is 19.1 Å². The molecule has 0 aliphatic carbocycles. The van der Waals surface area contributed by atoms with Gasteiger partial charge >= 0.3 is 5.97 Å². The molecule has 0 saturated carbocycles. The lowest BCUT2D eigenvalue weighted by Crippen LogP contribution is -2.24. The quantitative estimate of drug-likeness (QED) is 0.632. The van der Waals surface area contributed by atoms with E-state index >= 15 is 0 Å². The smallest absolute Gasteiger partial charge is 0.337 e. The van der Waals surface area contributed by atoms with Crippen LogP contribution in [-0.2, 0) is 4.74 Å². The van der Waals surface area contributed by atoms with Crippen molar-refractivity contribution in [2.75, 3.05) is 25.1 Å². The van der Waals surface area contributed by atoms with E-state index in [1.807, 2.05) is 0 Å². The van der Waals surface area contributed by atoms with Gasteiger partial charge in [0.05, 0.1) is 22.8 Å². The number of anilines is 1. The van der Waals surface area contributed by atoms with Crippen LogP contribution < -0.4 is 5.32 Å². The Balaban J connectivity index is 2.12. The standard InChI is InChI=1S/C13H16N2O5/c16-13(17)11-4-3-10(15(18)19)6-12(11)14-7-9-2-1-5-20-8-9/h3-4,6,9,14H,1-2,5,7-8H2,(H,16,17). The summed E-state index contributed by atoms with van der Waals surface area (Å²) in [5, 5.41) is 22.8. The van der Waals surface area contributed by atoms with Gasteiger partial charge < -0.3 is 15.2 Å². The van der Waals surface area contributed by atoms with Crippen molar-refractivity contribution in [3.8, 4) is 0 Å². The lowest BCUT2D eigenvalue weighted by Gasteiger charge is -2.23. The van der Waals surface area contributed by atoms with Crippen molar-refractivity contribution < 1.29 is 19.6 Å². The summed E-state index contributed by atoms with van der Waals surface area (Å²) < 4.78 is 5.35. The average molecular weight is 280 g/mol. The molecule has 0 amide bonds. The van der Waals surface area contributed by atoms with Crippen molar-refractivity contribution in [3.63, 3.8) is 0 Å². The van der Waals surface area contributed by atoms with Crippen LogP contribution >= 0.6 is 0 Å². The Morgan fingerprint density at radius 2 is 2.35 bits per heavy atom. The van der Waals surface area contributed by atoms with Crippen LogP contribution in [0.15, 0.2) is 18.2 Å². The van der Waals surface area contributed by atoms with E-state index in [4.69, 9.17) is 9.84 Å². The zero-order valence-corrected chi connectivity index (χ0v) is 10.9. The highest BCUT2D eigenvalue weighted by molar-refractivity contribution is 5.94. The molecule has 20 heavy (non-hydrogen) atoms. The molecule has 0 aromatic heterocycles. The van der Waals surface area contributed by atoms with Crippen LogP contribution in [0.1, 0.15) is 23.2 Å². The number of carbonyl (C=O) groups is 1. The summed E-state index contributed by atoms with van der Waals surface area (Å²) in [4.78, 5) is 21.3. The van der Waals surface area contributed by atoms with Gasteiger partial charge in [0.1, 0.15) is 0 Å². The second kappa shape index (κ2) is 6.33. The maximum atomic E-state index is 11.1. The molecule has 1 heterocycles. The van der Waals surface area contributed by atoms with E-state index in [0.717, 1.165) is 19.4 Å². The van der Waals surface area contributed by atoms with Crippen molar-refractivity contribution in [1.82, 2.24) is 0 Å². The van der Waals surface area contributed by atoms with E-state index in [-0.39, 0.29) is 16.9 Å². The fourth-order valence-corrected chi connectivity index (χ4v) is 2.20. The van der Waals surface area contributed by atoms with Crippen molar-refractivity contribution in [2.45, 2.75) is 12.8 Å². The van der Waals surface area contributed by atoms with Gasteiger partial charge in [-0.2, -0.15) is 0 Å². The minimum atomic E-state index is -1.11. The fraction of sp³-hybridized carbons (Fsp3) is 0.462. The largest absolute Gasteiger partial charge is 0.478 e. The molecule has 2 rings (SSSR count). The second-order valence-corrected chi connectivity index (χ2v) is 4.76. The van der Waals surface area contributed by atoms with E-state index in [1.165, 1.54) is 18.2 Å². The molecular weight excluding hydrogens is 264 g/mol. The molecule has 7 heteroatoms. The molecule has 1 aromatic carbocycles. The number of hydrogen-bond donors (Lipinski definition) is 2. The summed E-state index contributed by atoms with van der Waals surface area (Å²) in [7, 11) is 0. The third-order valence-electron chi connectivity index (χ3n) is 3.28. The number of non-ortho nitro benzene ring substituents is 1. The summed E-state index contributed by atoms with van der Waals surface area (Å²) in [5.74, 6) is -0.813. The highest BCUT2D eigenvalue weighted by Crippen LogP contribution is 2.24. The van der Waals surface area contributed by atoms with Gasteiger partial charge in [0, 0.05) is 25.3 Å². The lowest BCUT2D eigenvalue weighted by molar-refractivity contribution is -0.384. The number of carboxylic acid groups (broad SMARTS) is 1. The van der Waals surface area contributed by atoms with Gasteiger partial charge in [0.2, 0.25) is 0 Å². The summed E-state index contributed by atoms with van der Waals surface area (Å²) in [5.41, 5.74) is 0.182. The molecule has 1 fully saturated rings. The highest BCUT2D eigenvalue weighted by atomic mass is 16.6. The molecule has 0 bridgehead atoms. The van der Waals surface area contributed by atoms with Crippen LogP contribution in [0.5, 0.6) is 0 Å². The second-order valence-electron chi connectivity index (χ2n) is 4.76. The van der Waals surface area contributed by atoms with Gasteiger partial charge in [-0.15, -0.1) is 0 Å². The topological polar surface area (TPSA) is 102 Å². The van der Waals surface area contributed by atoms with Crippen molar-refractivity contribution >= 4 is 17.3 Å². The Hall–Kier alpha value is -2.15. The summed E-state index contributed by atoms with van der Waals surface area (Å²) in [6, 6.07) is 3.70. The number of ether oxygens (including phenoxy) is 1. The third-order valence-corrected chi connectivity index (χ3v) is 3.28. The zero-order valence-electron chi connectivity index (χ0n) is 10.9. The number of nitro benzene ring substituents is 1. The minimum Gasteiger partial charge on any atom is -0.478 e. The minimum absolute atomic E-state index is 0.0346. The fourth-order valence-electron chi connectivity index (χ4n) is 2.20. The average Bonchev–Trinajstić information content (AvgIpc) is 2.45. The first-order valence-electron chi connectivity index (χ1n) is 6.41. The van der Waals surface area contributed by atoms with Crippen LogP contribution in [-0.4, -0.2) is 35.8 Å². The lowest BCUT2D eigenvalue weighted by atomic mass is 10.0. The van der Waals surface area contributed by atoms with Gasteiger partial charge in [-0.05, 0) is 24.8 Å². The van der Waals surface area contributed by atoms with Gasteiger partial charge in [0.15, 0.2) is 0 Å². The number of benzene rings is 1. The molecule has 1 aliphatic heterocycles. The monoisotopic (exact) mass is 280 g/mol. The van der Waals surface area contributed by atoms with Crippen molar-refractivity contribution in [2.24, 2.45) is 5.92 Å². The number of nitrogens with zero attached hydrogens (tertiary/aromatic N) is 1. The van der Waals surface area contributed by atoms with E-state index in [2.05, 4.69) is 5.32 Å². The number of aromatic carboxylic acids is 1. The van der Waals surface area contributed by atoms with Crippen LogP contribution in [0.3, 0.4) is 0 Å².